The number of hydrogen-bond donors (Lipinski definition) is 1. The fourth-order valence-corrected chi connectivity index (χ4v) is 3.43. The summed E-state index contributed by atoms with van der Waals surface area (Å²) in [6, 6.07) is 13.6. The molecule has 0 saturated heterocycles. The van der Waals surface area contributed by atoms with E-state index in [1.54, 1.807) is 6.07 Å². The smallest absolute Gasteiger partial charge is 0.221 e. The lowest BCUT2D eigenvalue weighted by Crippen LogP contribution is -2.30. The molecule has 0 fully saturated rings. The molecule has 26 heavy (non-hydrogen) atoms. The molecule has 4 nitrogen and oxygen atoms in total. The molecule has 2 aromatic carbocycles. The number of fused-ring (bicyclic) bond motifs is 1. The van der Waals surface area contributed by atoms with E-state index in [-0.39, 0.29) is 11.9 Å². The second-order valence-electron chi connectivity index (χ2n) is 6.55. The fraction of sp³-hybridized carbons (Fsp3) is 0.300. The van der Waals surface area contributed by atoms with E-state index < -0.39 is 0 Å². The number of benzene rings is 2. The maximum atomic E-state index is 12.1. The molecule has 3 rings (SSSR count). The number of hydrogen-bond acceptors (Lipinski definition) is 2. The van der Waals surface area contributed by atoms with E-state index in [9.17, 15) is 4.79 Å². The number of carbonyl (C=O) groups is 1. The van der Waals surface area contributed by atoms with Crippen molar-refractivity contribution in [3.63, 3.8) is 0 Å². The summed E-state index contributed by atoms with van der Waals surface area (Å²) in [4.78, 5) is 16.8. The molecule has 0 radical (unpaired) electrons. The number of aryl methyl sites for hydroxylation is 1. The zero-order valence-corrected chi connectivity index (χ0v) is 16.3. The highest BCUT2D eigenvalue weighted by Gasteiger charge is 2.14. The topological polar surface area (TPSA) is 46.9 Å². The molecule has 0 saturated carbocycles. The van der Waals surface area contributed by atoms with E-state index in [0.717, 1.165) is 22.4 Å². The minimum absolute atomic E-state index is 0.0354. The highest BCUT2D eigenvalue weighted by Crippen LogP contribution is 2.25. The van der Waals surface area contributed by atoms with Gasteiger partial charge in [-0.15, -0.1) is 0 Å². The van der Waals surface area contributed by atoms with Crippen LogP contribution in [0.3, 0.4) is 0 Å². The van der Waals surface area contributed by atoms with E-state index in [1.807, 2.05) is 50.2 Å². The summed E-state index contributed by atoms with van der Waals surface area (Å²) < 4.78 is 2.10. The largest absolute Gasteiger partial charge is 0.354 e. The van der Waals surface area contributed by atoms with E-state index in [0.29, 0.717) is 29.4 Å². The number of amides is 1. The average molecular weight is 390 g/mol. The van der Waals surface area contributed by atoms with Gasteiger partial charge in [-0.25, -0.2) is 4.98 Å². The Morgan fingerprint density at radius 3 is 2.69 bits per heavy atom. The summed E-state index contributed by atoms with van der Waals surface area (Å²) in [5, 5.41) is 4.16. The molecular weight excluding hydrogens is 369 g/mol. The van der Waals surface area contributed by atoms with Gasteiger partial charge in [-0.1, -0.05) is 41.4 Å². The molecule has 6 heteroatoms. The van der Waals surface area contributed by atoms with Crippen molar-refractivity contribution in [2.75, 3.05) is 0 Å². The number of nitrogens with zero attached hydrogens (tertiary/aromatic N) is 2. The highest BCUT2D eigenvalue weighted by atomic mass is 35.5. The number of para-hydroxylation sites is 2. The molecule has 0 aliphatic carbocycles. The number of halogens is 2. The van der Waals surface area contributed by atoms with Gasteiger partial charge in [-0.05, 0) is 43.7 Å². The van der Waals surface area contributed by atoms with Gasteiger partial charge in [0.05, 0.1) is 11.0 Å². The Bertz CT molecular complexity index is 934. The normalized spacial score (nSPS) is 11.3. The van der Waals surface area contributed by atoms with Crippen molar-refractivity contribution in [3.05, 3.63) is 63.9 Å². The third kappa shape index (κ3) is 4.37. The monoisotopic (exact) mass is 389 g/mol. The van der Waals surface area contributed by atoms with Crippen molar-refractivity contribution in [3.8, 4) is 0 Å². The van der Waals surface area contributed by atoms with Crippen molar-refractivity contribution in [2.24, 2.45) is 0 Å². The molecule has 3 aromatic rings. The van der Waals surface area contributed by atoms with E-state index >= 15 is 0 Å². The maximum absolute atomic E-state index is 12.1. The van der Waals surface area contributed by atoms with Crippen LogP contribution >= 0.6 is 23.2 Å². The van der Waals surface area contributed by atoms with Crippen LogP contribution in [0.5, 0.6) is 0 Å². The Kier molecular flexibility index (Phi) is 5.84. The predicted octanol–water partition coefficient (Wildman–Crippen LogP) is 4.85. The second-order valence-corrected chi connectivity index (χ2v) is 7.40. The first-order valence-corrected chi connectivity index (χ1v) is 9.37. The zero-order chi connectivity index (χ0) is 18.7. The van der Waals surface area contributed by atoms with Gasteiger partial charge in [0, 0.05) is 35.5 Å². The van der Waals surface area contributed by atoms with Crippen LogP contribution in [-0.4, -0.2) is 21.5 Å². The minimum Gasteiger partial charge on any atom is -0.354 e. The molecular formula is C20H21Cl2N3O. The number of imidazole rings is 1. The van der Waals surface area contributed by atoms with Crippen LogP contribution in [0.25, 0.3) is 11.0 Å². The van der Waals surface area contributed by atoms with Crippen LogP contribution in [0.1, 0.15) is 31.7 Å². The zero-order valence-electron chi connectivity index (χ0n) is 14.8. The molecule has 0 unspecified atom stereocenters. The Morgan fingerprint density at radius 2 is 1.96 bits per heavy atom. The first-order valence-electron chi connectivity index (χ1n) is 8.61. The third-order valence-corrected chi connectivity index (χ3v) is 4.70. The lowest BCUT2D eigenvalue weighted by molar-refractivity contribution is -0.121. The van der Waals surface area contributed by atoms with Gasteiger partial charge in [-0.3, -0.25) is 4.79 Å². The van der Waals surface area contributed by atoms with Crippen molar-refractivity contribution in [2.45, 2.75) is 39.3 Å². The number of aromatic nitrogens is 2. The van der Waals surface area contributed by atoms with Crippen LogP contribution < -0.4 is 5.32 Å². The standard InChI is InChI=1S/C20H21Cl2N3O/c1-13(2)23-20(26)9-10-25-18-6-4-3-5-17(18)24-19(25)11-14-7-8-15(21)12-16(14)22/h3-8,12-13H,9-11H2,1-2H3,(H,23,26). The molecule has 0 spiro atoms. The quantitative estimate of drug-likeness (QED) is 0.654. The number of nitrogens with one attached hydrogen (secondary N) is 1. The Morgan fingerprint density at radius 1 is 1.19 bits per heavy atom. The van der Waals surface area contributed by atoms with E-state index in [1.165, 1.54) is 0 Å². The van der Waals surface area contributed by atoms with Crippen LogP contribution in [0.15, 0.2) is 42.5 Å². The van der Waals surface area contributed by atoms with Crippen molar-refractivity contribution >= 4 is 40.1 Å². The van der Waals surface area contributed by atoms with E-state index in [2.05, 4.69) is 9.88 Å². The SMILES string of the molecule is CC(C)NC(=O)CCn1c(Cc2ccc(Cl)cc2Cl)nc2ccccc21. The summed E-state index contributed by atoms with van der Waals surface area (Å²) in [6.07, 6.45) is 0.983. The highest BCUT2D eigenvalue weighted by molar-refractivity contribution is 6.35. The van der Waals surface area contributed by atoms with Gasteiger partial charge in [0.15, 0.2) is 0 Å². The van der Waals surface area contributed by atoms with Gasteiger partial charge in [0.25, 0.3) is 0 Å². The molecule has 1 N–H and O–H groups in total. The van der Waals surface area contributed by atoms with Crippen LogP contribution in [0.4, 0.5) is 0 Å². The number of rotatable bonds is 6. The van der Waals surface area contributed by atoms with Gasteiger partial charge in [-0.2, -0.15) is 0 Å². The summed E-state index contributed by atoms with van der Waals surface area (Å²) in [5.74, 6) is 0.918. The fourth-order valence-electron chi connectivity index (χ4n) is 2.95. The molecule has 0 bridgehead atoms. The molecule has 0 aliphatic rings. The second kappa shape index (κ2) is 8.11. The third-order valence-electron chi connectivity index (χ3n) is 4.11. The Labute approximate surface area is 163 Å². The van der Waals surface area contributed by atoms with Gasteiger partial charge >= 0.3 is 0 Å². The number of carbonyl (C=O) groups excluding carboxylic acids is 1. The molecule has 1 heterocycles. The Balaban J connectivity index is 1.90. The average Bonchev–Trinajstić information content (AvgIpc) is 2.92. The van der Waals surface area contributed by atoms with Crippen molar-refractivity contribution in [1.29, 1.82) is 0 Å². The van der Waals surface area contributed by atoms with Crippen LogP contribution in [-0.2, 0) is 17.8 Å². The van der Waals surface area contributed by atoms with Gasteiger partial charge in [0.1, 0.15) is 5.82 Å². The first-order chi connectivity index (χ1) is 12.4. The first kappa shape index (κ1) is 18.7. The van der Waals surface area contributed by atoms with E-state index in [4.69, 9.17) is 28.2 Å². The minimum atomic E-state index is 0.0354. The lowest BCUT2D eigenvalue weighted by atomic mass is 10.1. The summed E-state index contributed by atoms with van der Waals surface area (Å²) in [7, 11) is 0. The molecule has 1 amide bonds. The van der Waals surface area contributed by atoms with Crippen molar-refractivity contribution < 1.29 is 4.79 Å². The molecule has 0 aliphatic heterocycles. The summed E-state index contributed by atoms with van der Waals surface area (Å²) in [5.41, 5.74) is 2.89. The van der Waals surface area contributed by atoms with Crippen LogP contribution in [0, 0.1) is 0 Å². The summed E-state index contributed by atoms with van der Waals surface area (Å²) >= 11 is 12.3. The predicted molar refractivity (Wildman–Crippen MR) is 107 cm³/mol. The van der Waals surface area contributed by atoms with Crippen molar-refractivity contribution in [1.82, 2.24) is 14.9 Å². The maximum Gasteiger partial charge on any atom is 0.221 e. The lowest BCUT2D eigenvalue weighted by Gasteiger charge is -2.12. The van der Waals surface area contributed by atoms with Gasteiger partial charge in [0.2, 0.25) is 5.91 Å². The van der Waals surface area contributed by atoms with Gasteiger partial charge < -0.3 is 9.88 Å². The molecule has 1 aromatic heterocycles. The molecule has 0 atom stereocenters. The molecule has 136 valence electrons. The Hall–Kier alpha value is -2.04. The summed E-state index contributed by atoms with van der Waals surface area (Å²) in [6.45, 7) is 4.48. The van der Waals surface area contributed by atoms with Crippen LogP contribution in [0.2, 0.25) is 10.0 Å².